The average Bonchev–Trinajstić information content (AvgIpc) is 2.59. The zero-order valence-corrected chi connectivity index (χ0v) is 7.28. The van der Waals surface area contributed by atoms with E-state index in [0.717, 1.165) is 0 Å². The van der Waals surface area contributed by atoms with Gasteiger partial charge in [0.25, 0.3) is 6.43 Å². The predicted molar refractivity (Wildman–Crippen MR) is 45.9 cm³/mol. The Balaban J connectivity index is 2.74. The van der Waals surface area contributed by atoms with Crippen LogP contribution in [0, 0.1) is 0 Å². The zero-order chi connectivity index (χ0) is 11.0. The highest BCUT2D eigenvalue weighted by Gasteiger charge is 2.21. The summed E-state index contributed by atoms with van der Waals surface area (Å²) in [6.45, 7) is 0. The third-order valence-corrected chi connectivity index (χ3v) is 1.96. The number of carbonyl (C=O) groups is 1. The van der Waals surface area contributed by atoms with Gasteiger partial charge in [-0.25, -0.2) is 13.6 Å². The van der Waals surface area contributed by atoms with Gasteiger partial charge in [-0.15, -0.1) is 0 Å². The number of nitrogens with zero attached hydrogens (tertiary/aromatic N) is 1. The summed E-state index contributed by atoms with van der Waals surface area (Å²) < 4.78 is 29.4. The highest BCUT2D eigenvalue weighted by molar-refractivity contribution is 6.01. The molecule has 15 heavy (non-hydrogen) atoms. The van der Waals surface area contributed by atoms with Crippen LogP contribution in [0.15, 0.2) is 22.7 Å². The smallest absolute Gasteiger partial charge is 0.339 e. The maximum atomic E-state index is 12.4. The lowest BCUT2D eigenvalue weighted by atomic mass is 10.1. The quantitative estimate of drug-likeness (QED) is 0.832. The Morgan fingerprint density at radius 3 is 2.80 bits per heavy atom. The van der Waals surface area contributed by atoms with Gasteiger partial charge < -0.3 is 9.63 Å². The lowest BCUT2D eigenvalue weighted by molar-refractivity contribution is 0.0697. The molecule has 1 heterocycles. The number of alkyl halides is 2. The number of hydrogen-bond donors (Lipinski definition) is 1. The molecule has 0 atom stereocenters. The van der Waals surface area contributed by atoms with E-state index in [2.05, 4.69) is 9.68 Å². The second kappa shape index (κ2) is 3.30. The van der Waals surface area contributed by atoms with Crippen molar-refractivity contribution in [2.24, 2.45) is 0 Å². The first-order valence-corrected chi connectivity index (χ1v) is 4.01. The van der Waals surface area contributed by atoms with Gasteiger partial charge in [0.2, 0.25) is 0 Å². The Morgan fingerprint density at radius 2 is 2.20 bits per heavy atom. The zero-order valence-electron chi connectivity index (χ0n) is 7.28. The molecule has 0 aliphatic carbocycles. The molecule has 0 saturated carbocycles. The molecular weight excluding hydrogens is 208 g/mol. The van der Waals surface area contributed by atoms with Gasteiger partial charge in [-0.1, -0.05) is 11.2 Å². The molecule has 0 spiro atoms. The molecule has 0 fully saturated rings. The van der Waals surface area contributed by atoms with Crippen molar-refractivity contribution in [2.75, 3.05) is 0 Å². The van der Waals surface area contributed by atoms with Gasteiger partial charge in [0.1, 0.15) is 5.56 Å². The average molecular weight is 213 g/mol. The molecule has 0 aliphatic rings. The fraction of sp³-hybridized carbons (Fsp3) is 0.111. The summed E-state index contributed by atoms with van der Waals surface area (Å²) in [5.41, 5.74) is -0.833. The Labute approximate surface area is 82.1 Å². The van der Waals surface area contributed by atoms with E-state index in [9.17, 15) is 13.6 Å². The highest BCUT2D eigenvalue weighted by Crippen LogP contribution is 2.28. The van der Waals surface area contributed by atoms with Crippen molar-refractivity contribution in [2.45, 2.75) is 6.43 Å². The molecule has 4 nitrogen and oxygen atoms in total. The van der Waals surface area contributed by atoms with Crippen molar-refractivity contribution in [3.05, 3.63) is 29.5 Å². The topological polar surface area (TPSA) is 63.3 Å². The van der Waals surface area contributed by atoms with Gasteiger partial charge in [-0.05, 0) is 12.1 Å². The van der Waals surface area contributed by atoms with Crippen molar-refractivity contribution in [1.29, 1.82) is 0 Å². The maximum absolute atomic E-state index is 12.4. The fourth-order valence-electron chi connectivity index (χ4n) is 1.31. The number of aromatic carboxylic acids is 1. The first kappa shape index (κ1) is 9.57. The normalized spacial score (nSPS) is 11.1. The minimum Gasteiger partial charge on any atom is -0.478 e. The van der Waals surface area contributed by atoms with E-state index >= 15 is 0 Å². The van der Waals surface area contributed by atoms with Crippen molar-refractivity contribution >= 4 is 16.9 Å². The van der Waals surface area contributed by atoms with E-state index in [0.29, 0.717) is 0 Å². The number of para-hydroxylation sites is 1. The Bertz CT molecular complexity index is 521. The molecular formula is C9H5F2NO3. The lowest BCUT2D eigenvalue weighted by Crippen LogP contribution is -1.95. The number of rotatable bonds is 2. The standard InChI is InChI=1S/C9H5F2NO3/c10-8(11)6-4-2-1-3-5(9(13)14)7(4)15-12-6/h1-3,8H,(H,13,14). The van der Waals surface area contributed by atoms with Gasteiger partial charge in [0, 0.05) is 0 Å². The van der Waals surface area contributed by atoms with Gasteiger partial charge >= 0.3 is 5.97 Å². The van der Waals surface area contributed by atoms with Crippen molar-refractivity contribution < 1.29 is 23.2 Å². The number of carboxylic acids is 1. The third kappa shape index (κ3) is 1.43. The molecule has 2 rings (SSSR count). The van der Waals surface area contributed by atoms with Crippen LogP contribution < -0.4 is 0 Å². The van der Waals surface area contributed by atoms with Crippen molar-refractivity contribution in [1.82, 2.24) is 5.16 Å². The number of carboxylic acid groups (broad SMARTS) is 1. The number of hydrogen-bond acceptors (Lipinski definition) is 3. The lowest BCUT2D eigenvalue weighted by Gasteiger charge is -1.94. The molecule has 0 aliphatic heterocycles. The number of benzene rings is 1. The summed E-state index contributed by atoms with van der Waals surface area (Å²) in [4.78, 5) is 10.7. The number of halogens is 2. The minimum atomic E-state index is -2.78. The second-order valence-electron chi connectivity index (χ2n) is 2.86. The van der Waals surface area contributed by atoms with Crippen LogP contribution in [0.3, 0.4) is 0 Å². The molecule has 1 aromatic heterocycles. The third-order valence-electron chi connectivity index (χ3n) is 1.96. The number of aromatic nitrogens is 1. The highest BCUT2D eigenvalue weighted by atomic mass is 19.3. The summed E-state index contributed by atoms with van der Waals surface area (Å²) in [6.07, 6.45) is -2.78. The minimum absolute atomic E-state index is 0.0323. The van der Waals surface area contributed by atoms with E-state index in [-0.39, 0.29) is 16.5 Å². The van der Waals surface area contributed by atoms with E-state index in [4.69, 9.17) is 5.11 Å². The Morgan fingerprint density at radius 1 is 1.47 bits per heavy atom. The van der Waals surface area contributed by atoms with Gasteiger partial charge in [0.15, 0.2) is 11.3 Å². The summed E-state index contributed by atoms with van der Waals surface area (Å²) >= 11 is 0. The molecule has 2 aromatic rings. The molecule has 1 aromatic carbocycles. The Kier molecular flexibility index (Phi) is 2.11. The maximum Gasteiger partial charge on any atom is 0.339 e. The van der Waals surface area contributed by atoms with Crippen LogP contribution >= 0.6 is 0 Å². The SMILES string of the molecule is O=C(O)c1cccc2c(C(F)F)noc12. The largest absolute Gasteiger partial charge is 0.478 e. The number of fused-ring (bicyclic) bond motifs is 1. The molecule has 6 heteroatoms. The van der Waals surface area contributed by atoms with Crippen molar-refractivity contribution in [3.63, 3.8) is 0 Å². The summed E-state index contributed by atoms with van der Waals surface area (Å²) in [5.74, 6) is -1.24. The van der Waals surface area contributed by atoms with Gasteiger partial charge in [0.05, 0.1) is 5.39 Å². The molecule has 78 valence electrons. The van der Waals surface area contributed by atoms with E-state index in [1.54, 1.807) is 0 Å². The first-order chi connectivity index (χ1) is 7.11. The monoisotopic (exact) mass is 213 g/mol. The van der Waals surface area contributed by atoms with Crippen LogP contribution in [0.2, 0.25) is 0 Å². The van der Waals surface area contributed by atoms with Crippen LogP contribution in [0.5, 0.6) is 0 Å². The van der Waals surface area contributed by atoms with E-state index in [1.807, 2.05) is 0 Å². The molecule has 0 amide bonds. The molecule has 0 radical (unpaired) electrons. The summed E-state index contributed by atoms with van der Waals surface area (Å²) in [6, 6.07) is 3.99. The molecule has 0 unspecified atom stereocenters. The second-order valence-corrected chi connectivity index (χ2v) is 2.86. The van der Waals surface area contributed by atoms with Crippen LogP contribution in [0.1, 0.15) is 22.5 Å². The first-order valence-electron chi connectivity index (χ1n) is 4.01. The van der Waals surface area contributed by atoms with E-state index < -0.39 is 18.1 Å². The van der Waals surface area contributed by atoms with Crippen LogP contribution in [-0.2, 0) is 0 Å². The molecule has 0 bridgehead atoms. The van der Waals surface area contributed by atoms with E-state index in [1.165, 1.54) is 18.2 Å². The van der Waals surface area contributed by atoms with Gasteiger partial charge in [-0.3, -0.25) is 0 Å². The van der Waals surface area contributed by atoms with Crippen LogP contribution in [0.4, 0.5) is 8.78 Å². The fourth-order valence-corrected chi connectivity index (χ4v) is 1.31. The Hall–Kier alpha value is -1.98. The van der Waals surface area contributed by atoms with Crippen molar-refractivity contribution in [3.8, 4) is 0 Å². The molecule has 1 N–H and O–H groups in total. The van der Waals surface area contributed by atoms with Crippen LogP contribution in [-0.4, -0.2) is 16.2 Å². The predicted octanol–water partition coefficient (Wildman–Crippen LogP) is 2.46. The van der Waals surface area contributed by atoms with Crippen LogP contribution in [0.25, 0.3) is 11.0 Å². The molecule has 0 saturated heterocycles. The van der Waals surface area contributed by atoms with Gasteiger partial charge in [-0.2, -0.15) is 0 Å². The summed E-state index contributed by atoms with van der Waals surface area (Å²) in [5, 5.41) is 11.9. The summed E-state index contributed by atoms with van der Waals surface area (Å²) in [7, 11) is 0.